The predicted octanol–water partition coefficient (Wildman–Crippen LogP) is 6.16. The van der Waals surface area contributed by atoms with Crippen LogP contribution in [0.25, 0.3) is 45.4 Å². The Balaban J connectivity index is 0.000000227. The smallest absolute Gasteiger partial charge is 0.573 e. The zero-order valence-electron chi connectivity index (χ0n) is 25.1. The van der Waals surface area contributed by atoms with E-state index in [1.165, 1.54) is 67.0 Å². The molecule has 5 heterocycles. The summed E-state index contributed by atoms with van der Waals surface area (Å²) in [5, 5.41) is 34.1. The molecule has 0 radical (unpaired) electrons. The van der Waals surface area contributed by atoms with Gasteiger partial charge in [0.05, 0.1) is 51.1 Å². The molecule has 6 rings (SSSR count). The number of aromatic nitrogens is 6. The topological polar surface area (TPSA) is 190 Å². The van der Waals surface area contributed by atoms with Crippen molar-refractivity contribution < 1.29 is 71.1 Å². The average Bonchev–Trinajstić information content (AvgIpc) is 3.61. The Morgan fingerprint density at radius 3 is 1.65 bits per heavy atom. The van der Waals surface area contributed by atoms with Gasteiger partial charge in [-0.3, -0.25) is 19.3 Å². The number of hydrogen-bond donors (Lipinski definition) is 3. The van der Waals surface area contributed by atoms with E-state index in [9.17, 15) is 41.4 Å². The van der Waals surface area contributed by atoms with Gasteiger partial charge < -0.3 is 25.5 Å². The van der Waals surface area contributed by atoms with Gasteiger partial charge in [-0.2, -0.15) is 13.2 Å². The molecule has 12 nitrogen and oxygen atoms in total. The van der Waals surface area contributed by atoms with Gasteiger partial charge in [-0.15, -0.1) is 23.8 Å². The fraction of sp³-hybridized carbons (Fsp3) is 0.0303. The van der Waals surface area contributed by atoms with Crippen molar-refractivity contribution >= 4 is 17.9 Å². The zero-order chi connectivity index (χ0) is 36.2. The summed E-state index contributed by atoms with van der Waals surface area (Å²) in [5.74, 6) is -5.68. The number of alkyl halides is 3. The Bertz CT molecular complexity index is 2190. The largest absolute Gasteiger partial charge is 2.00 e. The van der Waals surface area contributed by atoms with Crippen LogP contribution in [-0.4, -0.2) is 58.3 Å². The second-order valence-corrected chi connectivity index (χ2v) is 9.96. The van der Waals surface area contributed by atoms with E-state index in [4.69, 9.17) is 10.2 Å². The predicted molar refractivity (Wildman–Crippen MR) is 162 cm³/mol. The summed E-state index contributed by atoms with van der Waals surface area (Å²) in [4.78, 5) is 50.2. The number of rotatable bonds is 7. The summed E-state index contributed by atoms with van der Waals surface area (Å²) >= 11 is 0. The molecule has 6 aromatic rings. The van der Waals surface area contributed by atoms with Crippen LogP contribution >= 0.6 is 0 Å². The normalized spacial score (nSPS) is 10.8. The number of carbonyl (C=O) groups is 3. The third kappa shape index (κ3) is 9.04. The Labute approximate surface area is 295 Å². The molecule has 0 unspecified atom stereocenters. The average molecular weight is 790 g/mol. The third-order valence-electron chi connectivity index (χ3n) is 6.58. The molecule has 258 valence electrons. The van der Waals surface area contributed by atoms with Gasteiger partial charge >= 0.3 is 43.6 Å². The Kier molecular flexibility index (Phi) is 11.4. The standard InChI is InChI=1S/C18H11N3O6.C15H6F5N3.Ru/c22-16(23)9-1-3-19-12(5-9)14-7-11(18(26)27)8-15(21-14)13-6-10(17(24)25)2-4-20-13;16-9-5-4-8(6-10(9)17)11-2-1-3-12(21-11)13-7-14(23-22-13)15(18,19)20;/h1-8H,(H,22,23)(H,24,25)(H,26,27);1-3,5-7H;/q;-2;+2. The van der Waals surface area contributed by atoms with Crippen molar-refractivity contribution in [2.75, 3.05) is 0 Å². The van der Waals surface area contributed by atoms with Crippen LogP contribution in [0.3, 0.4) is 0 Å². The van der Waals surface area contributed by atoms with Crippen LogP contribution in [0, 0.1) is 17.7 Å². The van der Waals surface area contributed by atoms with Crippen molar-refractivity contribution in [1.82, 2.24) is 30.1 Å². The molecule has 0 aliphatic heterocycles. The summed E-state index contributed by atoms with van der Waals surface area (Å²) in [6.45, 7) is 0. The molecule has 0 amide bonds. The van der Waals surface area contributed by atoms with E-state index in [0.717, 1.165) is 18.2 Å². The van der Waals surface area contributed by atoms with Gasteiger partial charge in [0.15, 0.2) is 0 Å². The van der Waals surface area contributed by atoms with E-state index in [1.807, 2.05) is 0 Å². The van der Waals surface area contributed by atoms with E-state index in [-0.39, 0.29) is 81.6 Å². The van der Waals surface area contributed by atoms with E-state index in [1.54, 1.807) is 0 Å². The van der Waals surface area contributed by atoms with Crippen LogP contribution in [0.4, 0.5) is 22.0 Å². The van der Waals surface area contributed by atoms with Crippen molar-refractivity contribution in [3.05, 3.63) is 125 Å². The van der Waals surface area contributed by atoms with Gasteiger partial charge in [-0.05, 0) is 54.2 Å². The molecule has 0 saturated carbocycles. The first-order valence-corrected chi connectivity index (χ1v) is 13.8. The minimum absolute atomic E-state index is 0. The number of benzene rings is 1. The van der Waals surface area contributed by atoms with Crippen molar-refractivity contribution in [3.8, 4) is 45.4 Å². The van der Waals surface area contributed by atoms with Gasteiger partial charge in [0.1, 0.15) is 5.69 Å². The minimum Gasteiger partial charge on any atom is -0.573 e. The van der Waals surface area contributed by atoms with E-state index >= 15 is 0 Å². The molecular formula is C33H17F5N6O6Ru. The van der Waals surface area contributed by atoms with Gasteiger partial charge in [0.25, 0.3) is 0 Å². The number of nitrogens with zero attached hydrogens (tertiary/aromatic N) is 6. The second-order valence-electron chi connectivity index (χ2n) is 9.96. The maximum Gasteiger partial charge on any atom is 2.00 e. The number of carboxylic acid groups (broad SMARTS) is 3. The van der Waals surface area contributed by atoms with Gasteiger partial charge in [0, 0.05) is 18.1 Å². The first-order chi connectivity index (χ1) is 23.7. The summed E-state index contributed by atoms with van der Waals surface area (Å²) in [6, 6.07) is 17.1. The molecular weight excluding hydrogens is 772 g/mol. The van der Waals surface area contributed by atoms with Crippen LogP contribution in [0.1, 0.15) is 36.8 Å². The zero-order valence-corrected chi connectivity index (χ0v) is 26.8. The monoisotopic (exact) mass is 790 g/mol. The number of hydrogen-bond acceptors (Lipinski definition) is 8. The van der Waals surface area contributed by atoms with Crippen LogP contribution in [0.15, 0.2) is 85.2 Å². The first-order valence-electron chi connectivity index (χ1n) is 13.8. The van der Waals surface area contributed by atoms with Crippen LogP contribution in [-0.2, 0) is 25.7 Å². The molecule has 0 aliphatic rings. The van der Waals surface area contributed by atoms with Crippen molar-refractivity contribution in [1.29, 1.82) is 0 Å². The molecule has 0 atom stereocenters. The fourth-order valence-electron chi connectivity index (χ4n) is 4.21. The third-order valence-corrected chi connectivity index (χ3v) is 6.58. The quantitative estimate of drug-likeness (QED) is 0.0950. The summed E-state index contributed by atoms with van der Waals surface area (Å²) in [6.07, 6.45) is -2.05. The minimum atomic E-state index is -4.60. The molecule has 0 spiro atoms. The molecule has 51 heavy (non-hydrogen) atoms. The van der Waals surface area contributed by atoms with Gasteiger partial charge in [-0.1, -0.05) is 17.8 Å². The molecule has 1 aromatic carbocycles. The summed E-state index contributed by atoms with van der Waals surface area (Å²) in [5.41, 5.74) is -0.303. The molecule has 0 saturated heterocycles. The molecule has 3 N–H and O–H groups in total. The number of aromatic carboxylic acids is 3. The van der Waals surface area contributed by atoms with Crippen molar-refractivity contribution in [2.45, 2.75) is 6.18 Å². The maximum atomic E-state index is 13.3. The Morgan fingerprint density at radius 1 is 0.647 bits per heavy atom. The molecule has 0 fully saturated rings. The summed E-state index contributed by atoms with van der Waals surface area (Å²) in [7, 11) is 0. The molecule has 0 bridgehead atoms. The van der Waals surface area contributed by atoms with E-state index in [0.29, 0.717) is 0 Å². The number of halogens is 5. The van der Waals surface area contributed by atoms with Crippen molar-refractivity contribution in [3.63, 3.8) is 0 Å². The number of pyridine rings is 4. The first kappa shape index (κ1) is 37.5. The SMILES string of the molecule is Fc1c[c-]c(-c2cccc(-c3cc(C(F)(F)F)n[n-]3)n2)cc1F.O=C(O)c1ccnc(-c2cc(C(=O)O)cc(-c3cc(C(=O)O)ccn3)n2)c1.[Ru+2]. The van der Waals surface area contributed by atoms with E-state index < -0.39 is 41.4 Å². The van der Waals surface area contributed by atoms with Crippen LogP contribution < -0.4 is 5.10 Å². The van der Waals surface area contributed by atoms with Gasteiger partial charge in [-0.25, -0.2) is 23.8 Å². The van der Waals surface area contributed by atoms with Crippen molar-refractivity contribution in [2.24, 2.45) is 0 Å². The van der Waals surface area contributed by atoms with Gasteiger partial charge in [0.2, 0.25) is 0 Å². The number of carboxylic acids is 3. The molecule has 18 heteroatoms. The maximum absolute atomic E-state index is 13.3. The van der Waals surface area contributed by atoms with Crippen LogP contribution in [0.5, 0.6) is 0 Å². The second kappa shape index (κ2) is 15.5. The van der Waals surface area contributed by atoms with E-state index in [2.05, 4.69) is 36.2 Å². The summed E-state index contributed by atoms with van der Waals surface area (Å²) < 4.78 is 63.8. The Hall–Kier alpha value is -6.29. The molecule has 5 aromatic heterocycles. The van der Waals surface area contributed by atoms with Crippen LogP contribution in [0.2, 0.25) is 0 Å². The fourth-order valence-corrected chi connectivity index (χ4v) is 4.21. The Morgan fingerprint density at radius 2 is 1.16 bits per heavy atom. The molecule has 0 aliphatic carbocycles.